The van der Waals surface area contributed by atoms with Crippen LogP contribution in [0.1, 0.15) is 39.3 Å². The molecule has 0 amide bonds. The molecule has 0 spiro atoms. The van der Waals surface area contributed by atoms with E-state index in [1.165, 1.54) is 5.56 Å². The van der Waals surface area contributed by atoms with E-state index >= 15 is 0 Å². The SMILES string of the molecule is CC(C)CNCc1ccc(Oc2cnn(C(C)C)c2)cc1. The summed E-state index contributed by atoms with van der Waals surface area (Å²) >= 11 is 0. The van der Waals surface area contributed by atoms with E-state index in [1.54, 1.807) is 6.20 Å². The molecule has 114 valence electrons. The van der Waals surface area contributed by atoms with Crippen molar-refractivity contribution in [3.05, 3.63) is 42.2 Å². The van der Waals surface area contributed by atoms with E-state index < -0.39 is 0 Å². The lowest BCUT2D eigenvalue weighted by Gasteiger charge is -2.08. The van der Waals surface area contributed by atoms with Gasteiger partial charge >= 0.3 is 0 Å². The highest BCUT2D eigenvalue weighted by Gasteiger charge is 2.04. The first-order valence-corrected chi connectivity index (χ1v) is 7.56. The van der Waals surface area contributed by atoms with Crippen LogP contribution in [0, 0.1) is 5.92 Å². The Hall–Kier alpha value is -1.81. The van der Waals surface area contributed by atoms with E-state index in [2.05, 4.69) is 50.2 Å². The second-order valence-electron chi connectivity index (χ2n) is 6.02. The van der Waals surface area contributed by atoms with Crippen molar-refractivity contribution in [2.45, 2.75) is 40.3 Å². The number of rotatable bonds is 7. The van der Waals surface area contributed by atoms with Crippen molar-refractivity contribution in [3.8, 4) is 11.5 Å². The van der Waals surface area contributed by atoms with Gasteiger partial charge in [-0.25, -0.2) is 0 Å². The number of aromatic nitrogens is 2. The van der Waals surface area contributed by atoms with E-state index in [0.717, 1.165) is 24.6 Å². The van der Waals surface area contributed by atoms with Crippen LogP contribution in [0.4, 0.5) is 0 Å². The zero-order valence-electron chi connectivity index (χ0n) is 13.3. The number of hydrogen-bond donors (Lipinski definition) is 1. The Labute approximate surface area is 127 Å². The van der Waals surface area contributed by atoms with Crippen LogP contribution in [0.25, 0.3) is 0 Å². The highest BCUT2D eigenvalue weighted by Crippen LogP contribution is 2.22. The summed E-state index contributed by atoms with van der Waals surface area (Å²) < 4.78 is 7.69. The van der Waals surface area contributed by atoms with E-state index in [0.29, 0.717) is 12.0 Å². The summed E-state index contributed by atoms with van der Waals surface area (Å²) in [5, 5.41) is 7.70. The van der Waals surface area contributed by atoms with Crippen LogP contribution >= 0.6 is 0 Å². The van der Waals surface area contributed by atoms with Crippen molar-refractivity contribution in [2.24, 2.45) is 5.92 Å². The van der Waals surface area contributed by atoms with Gasteiger partial charge in [0.25, 0.3) is 0 Å². The van der Waals surface area contributed by atoms with Crippen molar-refractivity contribution in [1.29, 1.82) is 0 Å². The minimum absolute atomic E-state index is 0.344. The maximum Gasteiger partial charge on any atom is 0.165 e. The second kappa shape index (κ2) is 7.27. The molecule has 0 bridgehead atoms. The zero-order valence-corrected chi connectivity index (χ0v) is 13.3. The molecule has 0 aliphatic rings. The number of nitrogens with zero attached hydrogens (tertiary/aromatic N) is 2. The van der Waals surface area contributed by atoms with Gasteiger partial charge in [-0.1, -0.05) is 26.0 Å². The third kappa shape index (κ3) is 4.90. The normalized spacial score (nSPS) is 11.3. The topological polar surface area (TPSA) is 39.1 Å². The molecule has 21 heavy (non-hydrogen) atoms. The molecule has 0 unspecified atom stereocenters. The largest absolute Gasteiger partial charge is 0.454 e. The molecule has 0 saturated carbocycles. The first-order valence-electron chi connectivity index (χ1n) is 7.56. The van der Waals surface area contributed by atoms with Crippen LogP contribution in [0.3, 0.4) is 0 Å². The smallest absolute Gasteiger partial charge is 0.165 e. The zero-order chi connectivity index (χ0) is 15.2. The molecule has 2 rings (SSSR count). The van der Waals surface area contributed by atoms with Gasteiger partial charge in [0, 0.05) is 12.6 Å². The highest BCUT2D eigenvalue weighted by atomic mass is 16.5. The summed E-state index contributed by atoms with van der Waals surface area (Å²) in [5.74, 6) is 2.28. The molecular formula is C17H25N3O. The standard InChI is InChI=1S/C17H25N3O/c1-13(2)9-18-10-15-5-7-16(8-6-15)21-17-11-19-20(12-17)14(3)4/h5-8,11-14,18H,9-10H2,1-4H3. The first-order chi connectivity index (χ1) is 10.0. The van der Waals surface area contributed by atoms with Crippen molar-refractivity contribution in [2.75, 3.05) is 6.54 Å². The van der Waals surface area contributed by atoms with Gasteiger partial charge in [0.2, 0.25) is 0 Å². The minimum Gasteiger partial charge on any atom is -0.454 e. The molecule has 1 aromatic heterocycles. The average molecular weight is 287 g/mol. The van der Waals surface area contributed by atoms with Gasteiger partial charge in [-0.3, -0.25) is 4.68 Å². The molecule has 0 atom stereocenters. The predicted molar refractivity (Wildman–Crippen MR) is 85.7 cm³/mol. The van der Waals surface area contributed by atoms with Crippen molar-refractivity contribution < 1.29 is 4.74 Å². The number of ether oxygens (including phenoxy) is 1. The molecule has 2 aromatic rings. The van der Waals surface area contributed by atoms with Crippen molar-refractivity contribution >= 4 is 0 Å². The number of hydrogen-bond acceptors (Lipinski definition) is 3. The Morgan fingerprint density at radius 1 is 1.10 bits per heavy atom. The van der Waals surface area contributed by atoms with Gasteiger partial charge in [0.05, 0.1) is 12.4 Å². The molecule has 4 nitrogen and oxygen atoms in total. The van der Waals surface area contributed by atoms with Crippen LogP contribution in [0.5, 0.6) is 11.5 Å². The molecular weight excluding hydrogens is 262 g/mol. The van der Waals surface area contributed by atoms with E-state index in [-0.39, 0.29) is 0 Å². The van der Waals surface area contributed by atoms with Gasteiger partial charge in [-0.2, -0.15) is 5.10 Å². The molecule has 0 fully saturated rings. The van der Waals surface area contributed by atoms with Crippen molar-refractivity contribution in [1.82, 2.24) is 15.1 Å². The molecule has 0 radical (unpaired) electrons. The summed E-state index contributed by atoms with van der Waals surface area (Å²) in [7, 11) is 0. The van der Waals surface area contributed by atoms with Gasteiger partial charge in [-0.05, 0) is 44.0 Å². The Morgan fingerprint density at radius 3 is 2.38 bits per heavy atom. The summed E-state index contributed by atoms with van der Waals surface area (Å²) in [5.41, 5.74) is 1.26. The Balaban J connectivity index is 1.89. The van der Waals surface area contributed by atoms with Gasteiger partial charge < -0.3 is 10.1 Å². The summed E-state index contributed by atoms with van der Waals surface area (Å²) in [4.78, 5) is 0. The van der Waals surface area contributed by atoms with Crippen LogP contribution < -0.4 is 10.1 Å². The fourth-order valence-corrected chi connectivity index (χ4v) is 1.97. The van der Waals surface area contributed by atoms with Gasteiger partial charge in [0.1, 0.15) is 5.75 Å². The molecule has 0 aliphatic heterocycles. The Bertz CT molecular complexity index is 543. The average Bonchev–Trinajstić information content (AvgIpc) is 2.89. The molecule has 1 aromatic carbocycles. The summed E-state index contributed by atoms with van der Waals surface area (Å²) in [6.45, 7) is 10.5. The van der Waals surface area contributed by atoms with Crippen LogP contribution in [0.15, 0.2) is 36.7 Å². The number of nitrogens with one attached hydrogen (secondary N) is 1. The van der Waals surface area contributed by atoms with E-state index in [4.69, 9.17) is 4.74 Å². The van der Waals surface area contributed by atoms with E-state index in [1.807, 2.05) is 23.0 Å². The third-order valence-corrected chi connectivity index (χ3v) is 3.15. The number of benzene rings is 1. The van der Waals surface area contributed by atoms with Gasteiger partial charge in [-0.15, -0.1) is 0 Å². The van der Waals surface area contributed by atoms with E-state index in [9.17, 15) is 0 Å². The van der Waals surface area contributed by atoms with Crippen LogP contribution in [-0.4, -0.2) is 16.3 Å². The summed E-state index contributed by atoms with van der Waals surface area (Å²) in [6, 6.07) is 8.53. The van der Waals surface area contributed by atoms with Crippen molar-refractivity contribution in [3.63, 3.8) is 0 Å². The lowest BCUT2D eigenvalue weighted by atomic mass is 10.2. The van der Waals surface area contributed by atoms with Crippen LogP contribution in [0.2, 0.25) is 0 Å². The third-order valence-electron chi connectivity index (χ3n) is 3.15. The monoisotopic (exact) mass is 287 g/mol. The van der Waals surface area contributed by atoms with Crippen LogP contribution in [-0.2, 0) is 6.54 Å². The lowest BCUT2D eigenvalue weighted by molar-refractivity contribution is 0.476. The van der Waals surface area contributed by atoms with Gasteiger partial charge in [0.15, 0.2) is 5.75 Å². The lowest BCUT2D eigenvalue weighted by Crippen LogP contribution is -2.18. The molecule has 1 N–H and O–H groups in total. The Morgan fingerprint density at radius 2 is 1.81 bits per heavy atom. The maximum atomic E-state index is 5.80. The fourth-order valence-electron chi connectivity index (χ4n) is 1.97. The fraction of sp³-hybridized carbons (Fsp3) is 0.471. The maximum absolute atomic E-state index is 5.80. The second-order valence-corrected chi connectivity index (χ2v) is 6.02. The predicted octanol–water partition coefficient (Wildman–Crippen LogP) is 4.00. The Kier molecular flexibility index (Phi) is 5.39. The molecule has 0 aliphatic carbocycles. The molecule has 0 saturated heterocycles. The first kappa shape index (κ1) is 15.6. The quantitative estimate of drug-likeness (QED) is 0.836. The summed E-state index contributed by atoms with van der Waals surface area (Å²) in [6.07, 6.45) is 3.67. The highest BCUT2D eigenvalue weighted by molar-refractivity contribution is 5.31. The molecule has 1 heterocycles. The molecule has 4 heteroatoms. The minimum atomic E-state index is 0.344.